The zero-order valence-corrected chi connectivity index (χ0v) is 13.9. The van der Waals surface area contributed by atoms with Crippen molar-refractivity contribution in [2.75, 3.05) is 0 Å². The van der Waals surface area contributed by atoms with Gasteiger partial charge < -0.3 is 0 Å². The summed E-state index contributed by atoms with van der Waals surface area (Å²) in [4.78, 5) is 14.9. The van der Waals surface area contributed by atoms with E-state index in [9.17, 15) is 0 Å². The average Bonchev–Trinajstić information content (AvgIpc) is 3.26. The Morgan fingerprint density at radius 3 is 2.57 bits per heavy atom. The second-order valence-corrected chi connectivity index (χ2v) is 6.94. The van der Waals surface area contributed by atoms with Gasteiger partial charge in [-0.15, -0.1) is 11.3 Å². The average molecular weight is 320 g/mol. The molecule has 1 radical (unpaired) electrons. The van der Waals surface area contributed by atoms with Crippen LogP contribution < -0.4 is 0 Å². The Balaban J connectivity index is 1.84. The number of benzene rings is 1. The molecule has 4 rings (SSSR count). The topological polar surface area (TPSA) is 38.7 Å². The van der Waals surface area contributed by atoms with Crippen LogP contribution in [0.5, 0.6) is 0 Å². The predicted octanol–water partition coefficient (Wildman–Crippen LogP) is 4.57. The summed E-state index contributed by atoms with van der Waals surface area (Å²) >= 11 is 1.52. The van der Waals surface area contributed by atoms with Crippen molar-refractivity contribution in [1.29, 1.82) is 0 Å². The molecule has 1 aliphatic carbocycles. The van der Waals surface area contributed by atoms with Gasteiger partial charge >= 0.3 is 0 Å². The molecule has 0 saturated heterocycles. The standard InChI is InChI=1S/C19H18N3S/c1-14-17(23-13-21-14)16-9-12-20-18(22-16)19(10-5-6-11-19)15-7-3-2-4-8-15/h2-4,7-9,12H,5-6,10-11H2,1H3. The van der Waals surface area contributed by atoms with Crippen molar-refractivity contribution >= 4 is 11.3 Å². The highest BCUT2D eigenvalue weighted by molar-refractivity contribution is 7.12. The van der Waals surface area contributed by atoms with Crippen molar-refractivity contribution in [3.63, 3.8) is 0 Å². The third-order valence-electron chi connectivity index (χ3n) is 4.79. The maximum atomic E-state index is 4.95. The largest absolute Gasteiger partial charge is 0.240 e. The van der Waals surface area contributed by atoms with E-state index in [2.05, 4.69) is 45.8 Å². The van der Waals surface area contributed by atoms with E-state index in [-0.39, 0.29) is 5.41 Å². The van der Waals surface area contributed by atoms with Crippen LogP contribution in [-0.2, 0) is 5.41 Å². The molecule has 3 aromatic rings. The Morgan fingerprint density at radius 2 is 1.87 bits per heavy atom. The number of hydrogen-bond acceptors (Lipinski definition) is 4. The molecule has 2 aromatic heterocycles. The zero-order valence-electron chi connectivity index (χ0n) is 13.1. The van der Waals surface area contributed by atoms with Crippen LogP contribution in [0, 0.1) is 12.4 Å². The van der Waals surface area contributed by atoms with E-state index in [1.807, 2.05) is 19.2 Å². The number of rotatable bonds is 3. The minimum absolute atomic E-state index is 0.0421. The summed E-state index contributed by atoms with van der Waals surface area (Å²) in [5, 5.41) is 0. The van der Waals surface area contributed by atoms with Gasteiger partial charge in [0.2, 0.25) is 0 Å². The van der Waals surface area contributed by atoms with Crippen molar-refractivity contribution in [3.8, 4) is 10.6 Å². The molecule has 0 bridgehead atoms. The first-order valence-corrected chi connectivity index (χ1v) is 8.84. The van der Waals surface area contributed by atoms with Crippen molar-refractivity contribution in [3.05, 3.63) is 65.2 Å². The maximum absolute atomic E-state index is 4.95. The highest BCUT2D eigenvalue weighted by Gasteiger charge is 2.40. The Kier molecular flexibility index (Phi) is 3.69. The lowest BCUT2D eigenvalue weighted by molar-refractivity contribution is 0.500. The lowest BCUT2D eigenvalue weighted by Crippen LogP contribution is -2.26. The van der Waals surface area contributed by atoms with Crippen LogP contribution in [0.4, 0.5) is 0 Å². The van der Waals surface area contributed by atoms with E-state index in [4.69, 9.17) is 4.98 Å². The summed E-state index contributed by atoms with van der Waals surface area (Å²) in [7, 11) is 0. The first-order valence-electron chi connectivity index (χ1n) is 8.02. The molecular weight excluding hydrogens is 302 g/mol. The van der Waals surface area contributed by atoms with Crippen LogP contribution in [0.1, 0.15) is 42.8 Å². The van der Waals surface area contributed by atoms with E-state index < -0.39 is 0 Å². The minimum Gasteiger partial charge on any atom is -0.240 e. The number of aromatic nitrogens is 3. The highest BCUT2D eigenvalue weighted by atomic mass is 32.1. The Labute approximate surface area is 140 Å². The molecule has 0 amide bonds. The van der Waals surface area contributed by atoms with Crippen molar-refractivity contribution in [1.82, 2.24) is 15.0 Å². The number of hydrogen-bond donors (Lipinski definition) is 0. The van der Waals surface area contributed by atoms with E-state index in [1.54, 1.807) is 0 Å². The molecule has 0 spiro atoms. The summed E-state index contributed by atoms with van der Waals surface area (Å²) in [5.74, 6) is 0.950. The fourth-order valence-corrected chi connectivity index (χ4v) is 4.28. The van der Waals surface area contributed by atoms with Gasteiger partial charge in [-0.05, 0) is 31.4 Å². The smallest absolute Gasteiger partial charge is 0.153 e. The van der Waals surface area contributed by atoms with Crippen LogP contribution in [0.3, 0.4) is 0 Å². The quantitative estimate of drug-likeness (QED) is 0.709. The third-order valence-corrected chi connectivity index (χ3v) is 5.68. The Morgan fingerprint density at radius 1 is 1.09 bits per heavy atom. The normalized spacial score (nSPS) is 16.6. The molecule has 0 unspecified atom stereocenters. The summed E-state index contributed by atoms with van der Waals surface area (Å²) in [6.07, 6.45) is 6.59. The molecule has 0 aliphatic heterocycles. The molecule has 0 N–H and O–H groups in total. The van der Waals surface area contributed by atoms with Crippen LogP contribution in [0.15, 0.2) is 42.6 Å². The molecular formula is C19H18N3S. The van der Waals surface area contributed by atoms with E-state index >= 15 is 0 Å². The first-order chi connectivity index (χ1) is 11.3. The lowest BCUT2D eigenvalue weighted by atomic mass is 9.78. The fraction of sp³-hybridized carbons (Fsp3) is 0.316. The van der Waals surface area contributed by atoms with Crippen molar-refractivity contribution in [2.24, 2.45) is 0 Å². The second kappa shape index (κ2) is 5.85. The molecule has 3 nitrogen and oxygen atoms in total. The molecule has 1 saturated carbocycles. The van der Waals surface area contributed by atoms with Crippen LogP contribution in [0.25, 0.3) is 10.6 Å². The van der Waals surface area contributed by atoms with Gasteiger partial charge in [-0.25, -0.2) is 15.0 Å². The Hall–Kier alpha value is -2.07. The van der Waals surface area contributed by atoms with Crippen LogP contribution in [0.2, 0.25) is 0 Å². The molecule has 1 aliphatic rings. The van der Waals surface area contributed by atoms with Gasteiger partial charge in [-0.2, -0.15) is 0 Å². The summed E-state index contributed by atoms with van der Waals surface area (Å²) in [5.41, 5.74) is 6.20. The maximum Gasteiger partial charge on any atom is 0.153 e. The number of aryl methyl sites for hydroxylation is 1. The van der Waals surface area contributed by atoms with E-state index in [0.29, 0.717) is 0 Å². The van der Waals surface area contributed by atoms with Crippen molar-refractivity contribution in [2.45, 2.75) is 38.0 Å². The van der Waals surface area contributed by atoms with Gasteiger partial charge in [0.1, 0.15) is 5.82 Å². The lowest BCUT2D eigenvalue weighted by Gasteiger charge is -2.28. The number of thiazole rings is 1. The monoisotopic (exact) mass is 320 g/mol. The molecule has 1 aromatic carbocycles. The summed E-state index contributed by atoms with van der Waals surface area (Å²) in [6.45, 7) is 2.01. The molecule has 115 valence electrons. The van der Waals surface area contributed by atoms with Gasteiger partial charge in [0, 0.05) is 6.20 Å². The van der Waals surface area contributed by atoms with Crippen LogP contribution >= 0.6 is 11.3 Å². The highest BCUT2D eigenvalue weighted by Crippen LogP contribution is 2.45. The van der Waals surface area contributed by atoms with Gasteiger partial charge in [0.25, 0.3) is 0 Å². The summed E-state index contributed by atoms with van der Waals surface area (Å²) < 4.78 is 0. The van der Waals surface area contributed by atoms with E-state index in [0.717, 1.165) is 34.9 Å². The molecule has 23 heavy (non-hydrogen) atoms. The van der Waals surface area contributed by atoms with Crippen molar-refractivity contribution < 1.29 is 0 Å². The molecule has 1 fully saturated rings. The third kappa shape index (κ3) is 2.47. The van der Waals surface area contributed by atoms with Crippen LogP contribution in [-0.4, -0.2) is 15.0 Å². The molecule has 4 heteroatoms. The summed E-state index contributed by atoms with van der Waals surface area (Å²) in [6, 6.07) is 12.7. The minimum atomic E-state index is -0.0421. The van der Waals surface area contributed by atoms with Gasteiger partial charge in [0.05, 0.1) is 21.7 Å². The zero-order chi connectivity index (χ0) is 15.7. The first kappa shape index (κ1) is 14.5. The molecule has 2 heterocycles. The predicted molar refractivity (Wildman–Crippen MR) is 92.4 cm³/mol. The molecule has 0 atom stereocenters. The van der Waals surface area contributed by atoms with Gasteiger partial charge in [0.15, 0.2) is 5.51 Å². The van der Waals surface area contributed by atoms with Gasteiger partial charge in [-0.1, -0.05) is 43.2 Å². The van der Waals surface area contributed by atoms with Gasteiger partial charge in [-0.3, -0.25) is 0 Å². The fourth-order valence-electron chi connectivity index (χ4n) is 3.59. The van der Waals surface area contributed by atoms with E-state index in [1.165, 1.54) is 29.7 Å². The Bertz CT molecular complexity index is 804. The second-order valence-electron chi connectivity index (χ2n) is 6.14. The number of nitrogens with zero attached hydrogens (tertiary/aromatic N) is 3. The SMILES string of the molecule is Cc1n[c]sc1-c1ccnc(C2(c3ccccc3)CCCC2)n1.